The lowest BCUT2D eigenvalue weighted by Gasteiger charge is -2.31. The van der Waals surface area contributed by atoms with Gasteiger partial charge in [-0.3, -0.25) is 14.6 Å². The van der Waals surface area contributed by atoms with Crippen molar-refractivity contribution in [3.63, 3.8) is 0 Å². The first kappa shape index (κ1) is 18.2. The fourth-order valence-corrected chi connectivity index (χ4v) is 3.16. The molecule has 0 bridgehead atoms. The van der Waals surface area contributed by atoms with Gasteiger partial charge in [-0.05, 0) is 24.6 Å². The number of hydrogen-bond donors (Lipinski definition) is 1. The molecule has 9 nitrogen and oxygen atoms in total. The van der Waals surface area contributed by atoms with E-state index in [1.165, 1.54) is 0 Å². The number of amides is 1. The van der Waals surface area contributed by atoms with Gasteiger partial charge >= 0.3 is 0 Å². The molecule has 28 heavy (non-hydrogen) atoms. The molecule has 1 fully saturated rings. The van der Waals surface area contributed by atoms with Crippen LogP contribution in [0.3, 0.4) is 0 Å². The summed E-state index contributed by atoms with van der Waals surface area (Å²) in [7, 11) is 1.64. The van der Waals surface area contributed by atoms with Gasteiger partial charge in [-0.25, -0.2) is 4.98 Å². The highest BCUT2D eigenvalue weighted by Crippen LogP contribution is 2.20. The molecular formula is C19H22N6O3. The second-order valence-electron chi connectivity index (χ2n) is 6.66. The molecule has 1 atom stereocenters. The Morgan fingerprint density at radius 1 is 1.36 bits per heavy atom. The van der Waals surface area contributed by atoms with Gasteiger partial charge in [-0.1, -0.05) is 12.1 Å². The Labute approximate surface area is 162 Å². The van der Waals surface area contributed by atoms with Crippen LogP contribution in [0.5, 0.6) is 5.75 Å². The molecule has 0 aliphatic carbocycles. The van der Waals surface area contributed by atoms with Crippen molar-refractivity contribution in [1.82, 2.24) is 29.9 Å². The van der Waals surface area contributed by atoms with Crippen LogP contribution in [0.1, 0.15) is 33.7 Å². The molecule has 1 aliphatic rings. The lowest BCUT2D eigenvalue weighted by molar-refractivity contribution is -0.0266. The summed E-state index contributed by atoms with van der Waals surface area (Å²) in [5.74, 6) is 2.04. The average Bonchev–Trinajstić information content (AvgIpc) is 3.37. The molecule has 2 aromatic heterocycles. The summed E-state index contributed by atoms with van der Waals surface area (Å²) in [6.45, 7) is 3.81. The first-order valence-electron chi connectivity index (χ1n) is 9.07. The standard InChI is InChI=1S/C19H22N6O3/c1-13-21-18(23-22-13)17-12-24(7-8-28-17)19(26)15-9-20-25(11-15)10-14-3-5-16(27-2)6-4-14/h3-6,9,11,17H,7-8,10,12H2,1-2H3,(H,21,22,23). The number of nitrogens with zero attached hydrogens (tertiary/aromatic N) is 5. The Morgan fingerprint density at radius 3 is 2.89 bits per heavy atom. The topological polar surface area (TPSA) is 98.2 Å². The summed E-state index contributed by atoms with van der Waals surface area (Å²) in [5, 5.41) is 11.3. The number of carbonyl (C=O) groups is 1. The van der Waals surface area contributed by atoms with Crippen LogP contribution in [-0.2, 0) is 11.3 Å². The van der Waals surface area contributed by atoms with Gasteiger partial charge in [0.2, 0.25) is 0 Å². The number of methoxy groups -OCH3 is 1. The number of aromatic amines is 1. The highest BCUT2D eigenvalue weighted by Gasteiger charge is 2.29. The Bertz CT molecular complexity index is 949. The minimum absolute atomic E-state index is 0.0680. The quantitative estimate of drug-likeness (QED) is 0.719. The van der Waals surface area contributed by atoms with Crippen LogP contribution in [-0.4, -0.2) is 62.6 Å². The number of carbonyl (C=O) groups excluding carboxylic acids is 1. The van der Waals surface area contributed by atoms with E-state index < -0.39 is 0 Å². The van der Waals surface area contributed by atoms with Crippen molar-refractivity contribution in [3.8, 4) is 5.75 Å². The van der Waals surface area contributed by atoms with Crippen molar-refractivity contribution in [2.75, 3.05) is 26.8 Å². The van der Waals surface area contributed by atoms with Gasteiger partial charge in [-0.2, -0.15) is 10.2 Å². The maximum absolute atomic E-state index is 12.9. The first-order chi connectivity index (χ1) is 13.6. The number of H-pyrrole nitrogens is 1. The SMILES string of the molecule is COc1ccc(Cn2cc(C(=O)N3CCOC(c4n[nH]c(C)n4)C3)cn2)cc1. The molecule has 1 N–H and O–H groups in total. The molecule has 1 saturated heterocycles. The predicted molar refractivity (Wildman–Crippen MR) is 100 cm³/mol. The van der Waals surface area contributed by atoms with Crippen molar-refractivity contribution >= 4 is 5.91 Å². The van der Waals surface area contributed by atoms with Crippen molar-refractivity contribution in [3.05, 3.63) is 59.4 Å². The second-order valence-corrected chi connectivity index (χ2v) is 6.66. The molecule has 9 heteroatoms. The summed E-state index contributed by atoms with van der Waals surface area (Å²) < 4.78 is 12.7. The van der Waals surface area contributed by atoms with Gasteiger partial charge in [0.15, 0.2) is 5.82 Å². The molecule has 1 amide bonds. The number of ether oxygens (including phenoxy) is 2. The Hall–Kier alpha value is -3.20. The third-order valence-electron chi connectivity index (χ3n) is 4.64. The average molecular weight is 382 g/mol. The molecule has 3 aromatic rings. The zero-order chi connectivity index (χ0) is 19.5. The number of hydrogen-bond acceptors (Lipinski definition) is 6. The minimum atomic E-state index is -0.322. The van der Waals surface area contributed by atoms with E-state index in [4.69, 9.17) is 9.47 Å². The third kappa shape index (κ3) is 3.89. The van der Waals surface area contributed by atoms with Crippen LogP contribution in [0.4, 0.5) is 0 Å². The van der Waals surface area contributed by atoms with Gasteiger partial charge in [0.1, 0.15) is 17.7 Å². The van der Waals surface area contributed by atoms with E-state index in [0.29, 0.717) is 37.6 Å². The molecule has 1 aromatic carbocycles. The first-order valence-corrected chi connectivity index (χ1v) is 9.07. The van der Waals surface area contributed by atoms with Crippen molar-refractivity contribution in [1.29, 1.82) is 0 Å². The van der Waals surface area contributed by atoms with E-state index in [-0.39, 0.29) is 12.0 Å². The minimum Gasteiger partial charge on any atom is -0.497 e. The maximum atomic E-state index is 12.9. The van der Waals surface area contributed by atoms with Gasteiger partial charge in [-0.15, -0.1) is 0 Å². The Kier molecular flexibility index (Phi) is 5.07. The summed E-state index contributed by atoms with van der Waals surface area (Å²) in [6, 6.07) is 7.77. The molecule has 0 radical (unpaired) electrons. The summed E-state index contributed by atoms with van der Waals surface area (Å²) in [4.78, 5) is 19.0. The zero-order valence-electron chi connectivity index (χ0n) is 15.8. The van der Waals surface area contributed by atoms with Gasteiger partial charge in [0, 0.05) is 12.7 Å². The lowest BCUT2D eigenvalue weighted by atomic mass is 10.2. The zero-order valence-corrected chi connectivity index (χ0v) is 15.8. The maximum Gasteiger partial charge on any atom is 0.257 e. The van der Waals surface area contributed by atoms with Crippen LogP contribution in [0, 0.1) is 6.92 Å². The number of aryl methyl sites for hydroxylation is 1. The number of aromatic nitrogens is 5. The fourth-order valence-electron chi connectivity index (χ4n) is 3.16. The Balaban J connectivity index is 1.41. The molecule has 146 valence electrons. The summed E-state index contributed by atoms with van der Waals surface area (Å²) in [6.07, 6.45) is 3.05. The highest BCUT2D eigenvalue weighted by molar-refractivity contribution is 5.93. The van der Waals surface area contributed by atoms with Crippen LogP contribution in [0.15, 0.2) is 36.7 Å². The number of benzene rings is 1. The molecule has 1 aliphatic heterocycles. The van der Waals surface area contributed by atoms with E-state index in [0.717, 1.165) is 17.1 Å². The lowest BCUT2D eigenvalue weighted by Crippen LogP contribution is -2.42. The Morgan fingerprint density at radius 2 is 2.18 bits per heavy atom. The molecule has 0 saturated carbocycles. The van der Waals surface area contributed by atoms with Crippen molar-refractivity contribution < 1.29 is 14.3 Å². The number of morpholine rings is 1. The van der Waals surface area contributed by atoms with E-state index in [9.17, 15) is 4.79 Å². The van der Waals surface area contributed by atoms with Crippen LogP contribution in [0.2, 0.25) is 0 Å². The van der Waals surface area contributed by atoms with Gasteiger partial charge in [0.25, 0.3) is 5.91 Å². The number of nitrogens with one attached hydrogen (secondary N) is 1. The largest absolute Gasteiger partial charge is 0.497 e. The van der Waals surface area contributed by atoms with Crippen LogP contribution in [0.25, 0.3) is 0 Å². The summed E-state index contributed by atoms with van der Waals surface area (Å²) in [5.41, 5.74) is 1.63. The normalized spacial score (nSPS) is 16.9. The number of rotatable bonds is 5. The van der Waals surface area contributed by atoms with Crippen molar-refractivity contribution in [2.24, 2.45) is 0 Å². The van der Waals surface area contributed by atoms with Gasteiger partial charge in [0.05, 0.1) is 38.6 Å². The molecule has 4 rings (SSSR count). The molecular weight excluding hydrogens is 360 g/mol. The van der Waals surface area contributed by atoms with Crippen LogP contribution >= 0.6 is 0 Å². The third-order valence-corrected chi connectivity index (χ3v) is 4.64. The molecule has 0 spiro atoms. The van der Waals surface area contributed by atoms with E-state index in [2.05, 4.69) is 20.3 Å². The highest BCUT2D eigenvalue weighted by atomic mass is 16.5. The van der Waals surface area contributed by atoms with Crippen LogP contribution < -0.4 is 4.74 Å². The molecule has 1 unspecified atom stereocenters. The van der Waals surface area contributed by atoms with E-state index >= 15 is 0 Å². The summed E-state index contributed by atoms with van der Waals surface area (Å²) >= 11 is 0. The fraction of sp³-hybridized carbons (Fsp3) is 0.368. The van der Waals surface area contributed by atoms with E-state index in [1.54, 1.807) is 29.1 Å². The van der Waals surface area contributed by atoms with Gasteiger partial charge < -0.3 is 14.4 Å². The monoisotopic (exact) mass is 382 g/mol. The predicted octanol–water partition coefficient (Wildman–Crippen LogP) is 1.58. The van der Waals surface area contributed by atoms with E-state index in [1.807, 2.05) is 31.2 Å². The second kappa shape index (κ2) is 7.81. The van der Waals surface area contributed by atoms with Crippen molar-refractivity contribution in [2.45, 2.75) is 19.6 Å². The molecule has 3 heterocycles. The smallest absolute Gasteiger partial charge is 0.257 e.